The summed E-state index contributed by atoms with van der Waals surface area (Å²) in [5.41, 5.74) is 12.8. The summed E-state index contributed by atoms with van der Waals surface area (Å²) in [7, 11) is 3.42. The molecule has 1 amide bonds. The number of aromatic nitrogens is 1. The molecule has 1 heterocycles. The average molecular weight is 523 g/mol. The zero-order valence-corrected chi connectivity index (χ0v) is 22.7. The van der Waals surface area contributed by atoms with Crippen molar-refractivity contribution in [1.82, 2.24) is 15.4 Å². The third kappa shape index (κ3) is 4.84. The van der Waals surface area contributed by atoms with Crippen LogP contribution >= 0.6 is 0 Å². The van der Waals surface area contributed by atoms with Gasteiger partial charge in [0.1, 0.15) is 5.69 Å². The monoisotopic (exact) mass is 522 g/mol. The number of amides is 1. The molecular weight excluding hydrogens is 488 g/mol. The zero-order chi connectivity index (χ0) is 27.7. The molecule has 39 heavy (non-hydrogen) atoms. The SMILES string of the molecule is CCCC(N)(CC)c1ccc(N=Nc2c(O)c(C(=O)NN(C)C)cc3ccc4c5ccccc5[nH]c4c23)cc1. The normalized spacial score (nSPS) is 13.6. The molecule has 8 heteroatoms. The lowest BCUT2D eigenvalue weighted by atomic mass is 9.84. The highest BCUT2D eigenvalue weighted by atomic mass is 16.3. The summed E-state index contributed by atoms with van der Waals surface area (Å²) in [6.07, 6.45) is 2.73. The van der Waals surface area contributed by atoms with Crippen LogP contribution in [0.2, 0.25) is 0 Å². The van der Waals surface area contributed by atoms with Crippen LogP contribution in [0.25, 0.3) is 32.6 Å². The average Bonchev–Trinajstić information content (AvgIpc) is 3.31. The number of carbonyl (C=O) groups excluding carboxylic acids is 1. The molecule has 5 aromatic rings. The fraction of sp³-hybridized carbons (Fsp3) is 0.258. The highest BCUT2D eigenvalue weighted by Gasteiger charge is 2.24. The molecule has 0 fully saturated rings. The number of benzene rings is 4. The van der Waals surface area contributed by atoms with Gasteiger partial charge in [-0.05, 0) is 48.1 Å². The van der Waals surface area contributed by atoms with Crippen molar-refractivity contribution in [3.63, 3.8) is 0 Å². The predicted molar refractivity (Wildman–Crippen MR) is 158 cm³/mol. The number of rotatable bonds is 8. The Bertz CT molecular complexity index is 1700. The first-order valence-corrected chi connectivity index (χ1v) is 13.2. The molecule has 4 aromatic carbocycles. The van der Waals surface area contributed by atoms with Gasteiger partial charge in [0.05, 0.1) is 16.8 Å². The Morgan fingerprint density at radius 3 is 2.46 bits per heavy atom. The molecule has 200 valence electrons. The van der Waals surface area contributed by atoms with E-state index in [-0.39, 0.29) is 22.5 Å². The van der Waals surface area contributed by atoms with Gasteiger partial charge in [-0.1, -0.05) is 62.7 Å². The van der Waals surface area contributed by atoms with Crippen LogP contribution in [0.4, 0.5) is 11.4 Å². The lowest BCUT2D eigenvalue weighted by molar-refractivity contribution is 0.0854. The van der Waals surface area contributed by atoms with Crippen molar-refractivity contribution >= 4 is 49.9 Å². The fourth-order valence-corrected chi connectivity index (χ4v) is 5.25. The van der Waals surface area contributed by atoms with Crippen LogP contribution in [0.1, 0.15) is 49.0 Å². The van der Waals surface area contributed by atoms with Gasteiger partial charge in [0.15, 0.2) is 5.75 Å². The van der Waals surface area contributed by atoms with E-state index >= 15 is 0 Å². The minimum Gasteiger partial charge on any atom is -0.505 e. The first kappa shape index (κ1) is 26.3. The number of hydrazine groups is 1. The number of aromatic hydroxyl groups is 1. The molecule has 1 atom stereocenters. The van der Waals surface area contributed by atoms with E-state index in [1.165, 1.54) is 5.01 Å². The number of hydrogen-bond donors (Lipinski definition) is 4. The predicted octanol–water partition coefficient (Wildman–Crippen LogP) is 7.17. The fourth-order valence-electron chi connectivity index (χ4n) is 5.25. The number of aromatic amines is 1. The van der Waals surface area contributed by atoms with Crippen molar-refractivity contribution < 1.29 is 9.90 Å². The summed E-state index contributed by atoms with van der Waals surface area (Å²) >= 11 is 0. The van der Waals surface area contributed by atoms with Crippen LogP contribution < -0.4 is 11.2 Å². The maximum atomic E-state index is 13.0. The van der Waals surface area contributed by atoms with Crippen LogP contribution in [0.5, 0.6) is 5.75 Å². The van der Waals surface area contributed by atoms with Crippen LogP contribution in [0, 0.1) is 0 Å². The minimum atomic E-state index is -0.438. The van der Waals surface area contributed by atoms with Crippen molar-refractivity contribution in [1.29, 1.82) is 0 Å². The number of para-hydroxylation sites is 1. The van der Waals surface area contributed by atoms with Crippen molar-refractivity contribution in [3.8, 4) is 5.75 Å². The van der Waals surface area contributed by atoms with Gasteiger partial charge in [0.25, 0.3) is 5.91 Å². The number of azo groups is 1. The van der Waals surface area contributed by atoms with E-state index in [4.69, 9.17) is 5.73 Å². The first-order chi connectivity index (χ1) is 18.8. The van der Waals surface area contributed by atoms with E-state index in [9.17, 15) is 9.90 Å². The van der Waals surface area contributed by atoms with Crippen LogP contribution in [-0.2, 0) is 5.54 Å². The highest BCUT2D eigenvalue weighted by Crippen LogP contribution is 2.44. The second-order valence-electron chi connectivity index (χ2n) is 10.2. The van der Waals surface area contributed by atoms with Gasteiger partial charge in [0.2, 0.25) is 0 Å². The topological polar surface area (TPSA) is 119 Å². The molecule has 5 rings (SSSR count). The molecule has 1 aromatic heterocycles. The third-order valence-electron chi connectivity index (χ3n) is 7.34. The van der Waals surface area contributed by atoms with Gasteiger partial charge in [-0.2, -0.15) is 5.11 Å². The van der Waals surface area contributed by atoms with Crippen LogP contribution in [0.15, 0.2) is 77.0 Å². The maximum absolute atomic E-state index is 13.0. The lowest BCUT2D eigenvalue weighted by Gasteiger charge is -2.28. The third-order valence-corrected chi connectivity index (χ3v) is 7.34. The van der Waals surface area contributed by atoms with Gasteiger partial charge >= 0.3 is 0 Å². The Morgan fingerprint density at radius 1 is 1.03 bits per heavy atom. The summed E-state index contributed by atoms with van der Waals surface area (Å²) < 4.78 is 0. The summed E-state index contributed by atoms with van der Waals surface area (Å²) in [5.74, 6) is -0.671. The largest absolute Gasteiger partial charge is 0.505 e. The molecule has 0 aliphatic heterocycles. The Balaban J connectivity index is 1.67. The Labute approximate surface area is 227 Å². The van der Waals surface area contributed by atoms with Crippen molar-refractivity contribution in [2.45, 2.75) is 38.6 Å². The summed E-state index contributed by atoms with van der Waals surface area (Å²) in [6, 6.07) is 21.4. The zero-order valence-electron chi connectivity index (χ0n) is 22.7. The van der Waals surface area contributed by atoms with E-state index in [1.807, 2.05) is 60.7 Å². The van der Waals surface area contributed by atoms with Gasteiger partial charge in [0, 0.05) is 41.3 Å². The van der Waals surface area contributed by atoms with Gasteiger partial charge in [-0.25, -0.2) is 5.01 Å². The van der Waals surface area contributed by atoms with E-state index in [0.29, 0.717) is 11.1 Å². The minimum absolute atomic E-state index is 0.117. The van der Waals surface area contributed by atoms with Crippen molar-refractivity contribution in [3.05, 3.63) is 77.9 Å². The Hall–Kier alpha value is -4.27. The molecule has 0 spiro atoms. The number of nitrogens with zero attached hydrogens (tertiary/aromatic N) is 3. The number of H-pyrrole nitrogens is 1. The highest BCUT2D eigenvalue weighted by molar-refractivity contribution is 6.21. The molecule has 0 radical (unpaired) electrons. The molecule has 0 aliphatic carbocycles. The van der Waals surface area contributed by atoms with E-state index in [2.05, 4.69) is 34.5 Å². The van der Waals surface area contributed by atoms with E-state index in [0.717, 1.165) is 52.0 Å². The van der Waals surface area contributed by atoms with Crippen LogP contribution in [0.3, 0.4) is 0 Å². The number of phenolic OH excluding ortho intramolecular Hbond substituents is 1. The standard InChI is InChI=1S/C31H34N6O2/c1-5-17-31(32,6-2)20-12-14-21(15-13-20)34-35-28-26-19(18-24(29(28)38)30(39)36-37(3)4)11-16-23-22-9-7-8-10-25(22)33-27(23)26/h7-16,18,33,38H,5-6,17,32H2,1-4H3,(H,36,39). The molecule has 0 bridgehead atoms. The van der Waals surface area contributed by atoms with Gasteiger partial charge in [-0.15, -0.1) is 5.11 Å². The molecule has 8 nitrogen and oxygen atoms in total. The Morgan fingerprint density at radius 2 is 1.77 bits per heavy atom. The molecule has 0 aliphatic rings. The smallest absolute Gasteiger partial charge is 0.269 e. The van der Waals surface area contributed by atoms with Crippen molar-refractivity contribution in [2.75, 3.05) is 14.1 Å². The number of nitrogens with two attached hydrogens (primary N) is 1. The van der Waals surface area contributed by atoms with E-state index in [1.54, 1.807) is 20.2 Å². The second kappa shape index (κ2) is 10.5. The number of fused-ring (bicyclic) bond motifs is 5. The summed E-state index contributed by atoms with van der Waals surface area (Å²) in [4.78, 5) is 16.4. The molecule has 0 saturated carbocycles. The summed E-state index contributed by atoms with van der Waals surface area (Å²) in [6.45, 7) is 4.23. The molecular formula is C31H34N6O2. The van der Waals surface area contributed by atoms with Gasteiger partial charge < -0.3 is 15.8 Å². The number of nitrogens with one attached hydrogen (secondary N) is 2. The lowest BCUT2D eigenvalue weighted by Crippen LogP contribution is -2.36. The maximum Gasteiger partial charge on any atom is 0.269 e. The number of phenols is 1. The van der Waals surface area contributed by atoms with Crippen LogP contribution in [-0.4, -0.2) is 35.1 Å². The molecule has 5 N–H and O–H groups in total. The van der Waals surface area contributed by atoms with E-state index < -0.39 is 5.91 Å². The molecule has 0 saturated heterocycles. The second-order valence-corrected chi connectivity index (χ2v) is 10.2. The Kier molecular flexibility index (Phi) is 7.08. The number of carbonyl (C=O) groups is 1. The van der Waals surface area contributed by atoms with Crippen molar-refractivity contribution in [2.24, 2.45) is 16.0 Å². The van der Waals surface area contributed by atoms with Gasteiger partial charge in [-0.3, -0.25) is 10.2 Å². The summed E-state index contributed by atoms with van der Waals surface area (Å²) in [5, 5.41) is 25.4. The molecule has 1 unspecified atom stereocenters. The quantitative estimate of drug-likeness (QED) is 0.128. The number of hydrogen-bond acceptors (Lipinski definition) is 6. The first-order valence-electron chi connectivity index (χ1n) is 13.2.